The van der Waals surface area contributed by atoms with Gasteiger partial charge in [-0.05, 0) is 48.4 Å². The molecule has 28 heavy (non-hydrogen) atoms. The Kier molecular flexibility index (Phi) is 4.90. The molecule has 0 aliphatic carbocycles. The summed E-state index contributed by atoms with van der Waals surface area (Å²) in [6, 6.07) is 20.3. The molecular weight excluding hydrogens is 370 g/mol. The molecule has 0 bridgehead atoms. The van der Waals surface area contributed by atoms with Gasteiger partial charge in [-0.25, -0.2) is 13.1 Å². The fourth-order valence-electron chi connectivity index (χ4n) is 3.07. The average molecular weight is 389 g/mol. The SMILES string of the molecule is Cc1cccc2cc(-c3cccc(S(=O)(=O)NCc4ccccn4)c3)cnc12. The Bertz CT molecular complexity index is 1240. The third kappa shape index (κ3) is 3.78. The summed E-state index contributed by atoms with van der Waals surface area (Å²) < 4.78 is 28.0. The Morgan fingerprint density at radius 2 is 1.75 bits per heavy atom. The maximum atomic E-state index is 12.7. The van der Waals surface area contributed by atoms with Crippen LogP contribution in [0.5, 0.6) is 0 Å². The Hall–Kier alpha value is -3.09. The highest BCUT2D eigenvalue weighted by atomic mass is 32.2. The van der Waals surface area contributed by atoms with Crippen molar-refractivity contribution in [3.05, 3.63) is 90.4 Å². The fraction of sp³-hybridized carbons (Fsp3) is 0.0909. The number of rotatable bonds is 5. The van der Waals surface area contributed by atoms with Gasteiger partial charge in [0.25, 0.3) is 0 Å². The number of sulfonamides is 1. The van der Waals surface area contributed by atoms with Gasteiger partial charge in [-0.3, -0.25) is 9.97 Å². The van der Waals surface area contributed by atoms with E-state index in [1.165, 1.54) is 0 Å². The number of pyridine rings is 2. The van der Waals surface area contributed by atoms with Gasteiger partial charge in [0.1, 0.15) is 0 Å². The normalized spacial score (nSPS) is 11.6. The fourth-order valence-corrected chi connectivity index (χ4v) is 4.11. The lowest BCUT2D eigenvalue weighted by Gasteiger charge is -2.09. The first-order valence-electron chi connectivity index (χ1n) is 8.88. The van der Waals surface area contributed by atoms with Crippen LogP contribution < -0.4 is 4.72 Å². The molecule has 1 N–H and O–H groups in total. The lowest BCUT2D eigenvalue weighted by molar-refractivity contribution is 0.580. The van der Waals surface area contributed by atoms with E-state index < -0.39 is 10.0 Å². The van der Waals surface area contributed by atoms with Crippen molar-refractivity contribution in [3.8, 4) is 11.1 Å². The molecule has 4 rings (SSSR count). The van der Waals surface area contributed by atoms with Crippen molar-refractivity contribution in [2.75, 3.05) is 0 Å². The monoisotopic (exact) mass is 389 g/mol. The van der Waals surface area contributed by atoms with Gasteiger partial charge >= 0.3 is 0 Å². The molecule has 0 unspecified atom stereocenters. The summed E-state index contributed by atoms with van der Waals surface area (Å²) in [6.07, 6.45) is 3.42. The molecule has 0 saturated carbocycles. The van der Waals surface area contributed by atoms with Crippen molar-refractivity contribution in [2.45, 2.75) is 18.4 Å². The van der Waals surface area contributed by atoms with Crippen LogP contribution in [-0.4, -0.2) is 18.4 Å². The first kappa shape index (κ1) is 18.3. The summed E-state index contributed by atoms with van der Waals surface area (Å²) in [5.41, 5.74) is 4.40. The maximum Gasteiger partial charge on any atom is 0.240 e. The van der Waals surface area contributed by atoms with Crippen LogP contribution in [0.2, 0.25) is 0 Å². The molecule has 0 radical (unpaired) electrons. The molecule has 4 aromatic rings. The highest BCUT2D eigenvalue weighted by Crippen LogP contribution is 2.26. The second-order valence-corrected chi connectivity index (χ2v) is 8.31. The van der Waals surface area contributed by atoms with Gasteiger partial charge in [-0.15, -0.1) is 0 Å². The zero-order chi connectivity index (χ0) is 19.6. The first-order chi connectivity index (χ1) is 13.5. The molecule has 0 saturated heterocycles. The van der Waals surface area contributed by atoms with E-state index in [-0.39, 0.29) is 11.4 Å². The molecule has 6 heteroatoms. The Balaban J connectivity index is 1.64. The molecule has 2 heterocycles. The number of aromatic nitrogens is 2. The van der Waals surface area contributed by atoms with Crippen LogP contribution in [0, 0.1) is 6.92 Å². The number of nitrogens with zero attached hydrogens (tertiary/aromatic N) is 2. The van der Waals surface area contributed by atoms with Gasteiger partial charge in [-0.2, -0.15) is 0 Å². The molecule has 0 aliphatic rings. The lowest BCUT2D eigenvalue weighted by atomic mass is 10.0. The predicted molar refractivity (Wildman–Crippen MR) is 110 cm³/mol. The summed E-state index contributed by atoms with van der Waals surface area (Å²) in [7, 11) is -3.65. The summed E-state index contributed by atoms with van der Waals surface area (Å²) in [5, 5.41) is 1.03. The van der Waals surface area contributed by atoms with Gasteiger partial charge in [0.05, 0.1) is 22.7 Å². The number of para-hydroxylation sites is 1. The van der Waals surface area contributed by atoms with Crippen LogP contribution in [0.25, 0.3) is 22.0 Å². The predicted octanol–water partition coefficient (Wildman–Crippen LogP) is 4.08. The van der Waals surface area contributed by atoms with Crippen molar-refractivity contribution in [1.29, 1.82) is 0 Å². The van der Waals surface area contributed by atoms with E-state index in [1.54, 1.807) is 42.7 Å². The minimum Gasteiger partial charge on any atom is -0.260 e. The van der Waals surface area contributed by atoms with Crippen LogP contribution in [0.3, 0.4) is 0 Å². The zero-order valence-corrected chi connectivity index (χ0v) is 16.1. The van der Waals surface area contributed by atoms with E-state index in [1.807, 2.05) is 43.3 Å². The summed E-state index contributed by atoms with van der Waals surface area (Å²) in [5.74, 6) is 0. The molecule has 2 aromatic heterocycles. The Morgan fingerprint density at radius 3 is 2.57 bits per heavy atom. The van der Waals surface area contributed by atoms with Crippen molar-refractivity contribution in [1.82, 2.24) is 14.7 Å². The molecule has 2 aromatic carbocycles. The number of benzene rings is 2. The minimum atomic E-state index is -3.65. The molecule has 0 amide bonds. The molecule has 0 spiro atoms. The minimum absolute atomic E-state index is 0.143. The van der Waals surface area contributed by atoms with E-state index in [0.717, 1.165) is 27.6 Å². The average Bonchev–Trinajstić information content (AvgIpc) is 2.73. The zero-order valence-electron chi connectivity index (χ0n) is 15.3. The van der Waals surface area contributed by atoms with Crippen molar-refractivity contribution < 1.29 is 8.42 Å². The standard InChI is InChI=1S/C22H19N3O2S/c1-16-6-4-8-18-12-19(14-24-22(16)18)17-7-5-10-21(13-17)28(26,27)25-15-20-9-2-3-11-23-20/h2-14,25H,15H2,1H3. The van der Waals surface area contributed by atoms with Crippen LogP contribution in [0.15, 0.2) is 84.0 Å². The topological polar surface area (TPSA) is 72.0 Å². The van der Waals surface area contributed by atoms with E-state index >= 15 is 0 Å². The summed E-state index contributed by atoms with van der Waals surface area (Å²) in [6.45, 7) is 2.17. The van der Waals surface area contributed by atoms with Crippen LogP contribution in [0.4, 0.5) is 0 Å². The largest absolute Gasteiger partial charge is 0.260 e. The number of hydrogen-bond acceptors (Lipinski definition) is 4. The molecule has 0 fully saturated rings. The van der Waals surface area contributed by atoms with Crippen LogP contribution in [-0.2, 0) is 16.6 Å². The van der Waals surface area contributed by atoms with E-state index in [0.29, 0.717) is 5.69 Å². The van der Waals surface area contributed by atoms with Crippen molar-refractivity contribution >= 4 is 20.9 Å². The van der Waals surface area contributed by atoms with Gasteiger partial charge < -0.3 is 0 Å². The van der Waals surface area contributed by atoms with Crippen LogP contribution >= 0.6 is 0 Å². The summed E-state index contributed by atoms with van der Waals surface area (Å²) in [4.78, 5) is 8.91. The number of fused-ring (bicyclic) bond motifs is 1. The van der Waals surface area contributed by atoms with Crippen molar-refractivity contribution in [3.63, 3.8) is 0 Å². The number of hydrogen-bond donors (Lipinski definition) is 1. The van der Waals surface area contributed by atoms with Crippen LogP contribution in [0.1, 0.15) is 11.3 Å². The highest BCUT2D eigenvalue weighted by molar-refractivity contribution is 7.89. The highest BCUT2D eigenvalue weighted by Gasteiger charge is 2.15. The second-order valence-electron chi connectivity index (χ2n) is 6.54. The van der Waals surface area contributed by atoms with Gasteiger partial charge in [0, 0.05) is 23.3 Å². The van der Waals surface area contributed by atoms with E-state index in [2.05, 4.69) is 14.7 Å². The van der Waals surface area contributed by atoms with E-state index in [9.17, 15) is 8.42 Å². The number of nitrogens with one attached hydrogen (secondary N) is 1. The molecule has 5 nitrogen and oxygen atoms in total. The third-order valence-electron chi connectivity index (χ3n) is 4.56. The Labute approximate surface area is 164 Å². The van der Waals surface area contributed by atoms with Gasteiger partial charge in [0.15, 0.2) is 0 Å². The van der Waals surface area contributed by atoms with Crippen molar-refractivity contribution in [2.24, 2.45) is 0 Å². The maximum absolute atomic E-state index is 12.7. The molecular formula is C22H19N3O2S. The summed E-state index contributed by atoms with van der Waals surface area (Å²) >= 11 is 0. The smallest absolute Gasteiger partial charge is 0.240 e. The van der Waals surface area contributed by atoms with Gasteiger partial charge in [-0.1, -0.05) is 36.4 Å². The quantitative estimate of drug-likeness (QED) is 0.558. The Morgan fingerprint density at radius 1 is 0.893 bits per heavy atom. The first-order valence-corrected chi connectivity index (χ1v) is 10.4. The second kappa shape index (κ2) is 7.50. The third-order valence-corrected chi connectivity index (χ3v) is 5.96. The van der Waals surface area contributed by atoms with E-state index in [4.69, 9.17) is 0 Å². The molecule has 140 valence electrons. The van der Waals surface area contributed by atoms with Gasteiger partial charge in [0.2, 0.25) is 10.0 Å². The lowest BCUT2D eigenvalue weighted by Crippen LogP contribution is -2.23. The molecule has 0 aliphatic heterocycles. The number of aryl methyl sites for hydroxylation is 1. The molecule has 0 atom stereocenters.